The summed E-state index contributed by atoms with van der Waals surface area (Å²) in [6.07, 6.45) is 2.42. The molecule has 1 fully saturated rings. The number of phenolic OH excluding ortho intramolecular Hbond substituents is 1. The number of aliphatic hydroxyl groups is 1. The number of imidazole rings is 1. The van der Waals surface area contributed by atoms with Crippen molar-refractivity contribution in [2.75, 3.05) is 18.1 Å². The quantitative estimate of drug-likeness (QED) is 0.494. The summed E-state index contributed by atoms with van der Waals surface area (Å²) in [6.45, 7) is 0.0387. The minimum Gasteiger partial charge on any atom is -0.508 e. The lowest BCUT2D eigenvalue weighted by Crippen LogP contribution is -2.25. The molecule has 10 heteroatoms. The molecule has 2 atom stereocenters. The number of aliphatic hydroxyl groups excluding tert-OH is 1. The Hall–Kier alpha value is -3.66. The number of anilines is 1. The minimum absolute atomic E-state index is 0.0281. The van der Waals surface area contributed by atoms with E-state index < -0.39 is 18.0 Å². The fourth-order valence-electron chi connectivity index (χ4n) is 4.11. The van der Waals surface area contributed by atoms with E-state index in [0.717, 1.165) is 0 Å². The maximum atomic E-state index is 14.4. The van der Waals surface area contributed by atoms with Crippen molar-refractivity contribution in [1.29, 1.82) is 0 Å². The van der Waals surface area contributed by atoms with Gasteiger partial charge in [0.1, 0.15) is 35.6 Å². The molecule has 0 bridgehead atoms. The molecule has 1 aromatic carbocycles. The summed E-state index contributed by atoms with van der Waals surface area (Å²) in [5, 5.41) is 24.1. The highest BCUT2D eigenvalue weighted by molar-refractivity contribution is 5.61. The largest absolute Gasteiger partial charge is 0.508 e. The summed E-state index contributed by atoms with van der Waals surface area (Å²) >= 11 is 0. The van der Waals surface area contributed by atoms with Crippen molar-refractivity contribution in [3.05, 3.63) is 66.0 Å². The van der Waals surface area contributed by atoms with Gasteiger partial charge in [0.15, 0.2) is 5.65 Å². The normalized spacial score (nSPS) is 18.5. The summed E-state index contributed by atoms with van der Waals surface area (Å²) in [6, 6.07) is 8.36. The molecule has 2 N–H and O–H groups in total. The Morgan fingerprint density at radius 1 is 1.09 bits per heavy atom. The highest BCUT2D eigenvalue weighted by Crippen LogP contribution is 2.40. The third-order valence-corrected chi connectivity index (χ3v) is 5.60. The van der Waals surface area contributed by atoms with Gasteiger partial charge in [-0.3, -0.25) is 0 Å². The van der Waals surface area contributed by atoms with Crippen LogP contribution in [0.5, 0.6) is 5.75 Å². The van der Waals surface area contributed by atoms with Gasteiger partial charge >= 0.3 is 0 Å². The first-order valence-electron chi connectivity index (χ1n) is 10.2. The predicted molar refractivity (Wildman–Crippen MR) is 112 cm³/mol. The van der Waals surface area contributed by atoms with Crippen LogP contribution in [0.15, 0.2) is 48.9 Å². The second-order valence-electron chi connectivity index (χ2n) is 7.68. The average Bonchev–Trinajstić information content (AvgIpc) is 3.39. The van der Waals surface area contributed by atoms with Gasteiger partial charge in [-0.05, 0) is 36.4 Å². The Morgan fingerprint density at radius 2 is 1.97 bits per heavy atom. The van der Waals surface area contributed by atoms with Crippen LogP contribution in [0.3, 0.4) is 0 Å². The van der Waals surface area contributed by atoms with Crippen LogP contribution in [0.2, 0.25) is 0 Å². The molecule has 164 valence electrons. The van der Waals surface area contributed by atoms with Crippen molar-refractivity contribution in [3.63, 3.8) is 0 Å². The van der Waals surface area contributed by atoms with Gasteiger partial charge in [0, 0.05) is 30.7 Å². The molecular formula is C22H20F2N6O2. The Kier molecular flexibility index (Phi) is 5.14. The fraction of sp³-hybridized carbons (Fsp3) is 0.273. The Balaban J connectivity index is 1.56. The second kappa shape index (κ2) is 8.12. The smallest absolute Gasteiger partial charge is 0.154 e. The number of nitrogens with zero attached hydrogens (tertiary/aromatic N) is 6. The van der Waals surface area contributed by atoms with E-state index in [9.17, 15) is 19.0 Å². The van der Waals surface area contributed by atoms with Gasteiger partial charge in [-0.15, -0.1) is 5.10 Å². The minimum atomic E-state index is -1.15. The van der Waals surface area contributed by atoms with Crippen molar-refractivity contribution in [2.45, 2.75) is 25.1 Å². The lowest BCUT2D eigenvalue weighted by molar-refractivity contribution is 0.298. The fourth-order valence-corrected chi connectivity index (χ4v) is 4.11. The zero-order valence-corrected chi connectivity index (χ0v) is 16.9. The van der Waals surface area contributed by atoms with Gasteiger partial charge in [-0.2, -0.15) is 0 Å². The lowest BCUT2D eigenvalue weighted by atomic mass is 10.0. The Morgan fingerprint density at radius 3 is 2.81 bits per heavy atom. The third-order valence-electron chi connectivity index (χ3n) is 5.60. The number of rotatable bonds is 5. The summed E-state index contributed by atoms with van der Waals surface area (Å²) in [7, 11) is 0. The van der Waals surface area contributed by atoms with E-state index in [-0.39, 0.29) is 25.3 Å². The summed E-state index contributed by atoms with van der Waals surface area (Å²) in [5.41, 5.74) is 2.79. The molecule has 0 amide bonds. The number of phenols is 1. The maximum absolute atomic E-state index is 14.4. The highest BCUT2D eigenvalue weighted by Gasteiger charge is 2.36. The van der Waals surface area contributed by atoms with Crippen LogP contribution in [-0.2, 0) is 6.42 Å². The standard InChI is InChI=1S/C22H20F2N6O2/c23-13-1-2-20(32)16(7-13)18-8-14(24)11-29(18)22-4-3-21-25-10-19(30(21)28-22)17-9-15(5-6-31)26-12-27-17/h1-4,7,9-10,12,14,18,31-32H,5-6,8,11H2/t14-,18+/m0/s1. The Bertz CT molecular complexity index is 1280. The van der Waals surface area contributed by atoms with Crippen LogP contribution in [0.25, 0.3) is 17.0 Å². The molecule has 0 saturated carbocycles. The molecule has 0 spiro atoms. The summed E-state index contributed by atoms with van der Waals surface area (Å²) < 4.78 is 29.9. The number of benzene rings is 1. The molecule has 1 aliphatic heterocycles. The van der Waals surface area contributed by atoms with Gasteiger partial charge in [-0.1, -0.05) is 0 Å². The van der Waals surface area contributed by atoms with E-state index in [1.54, 1.807) is 33.8 Å². The molecule has 1 saturated heterocycles. The molecule has 3 aromatic heterocycles. The number of fused-ring (bicyclic) bond motifs is 1. The van der Waals surface area contributed by atoms with Crippen molar-refractivity contribution in [2.24, 2.45) is 0 Å². The average molecular weight is 438 g/mol. The zero-order valence-electron chi connectivity index (χ0n) is 16.9. The van der Waals surface area contributed by atoms with Gasteiger partial charge < -0.3 is 15.1 Å². The first-order valence-corrected chi connectivity index (χ1v) is 10.2. The zero-order chi connectivity index (χ0) is 22.2. The van der Waals surface area contributed by atoms with Crippen LogP contribution in [0, 0.1) is 5.82 Å². The number of hydrogen-bond donors (Lipinski definition) is 2. The van der Waals surface area contributed by atoms with E-state index in [1.165, 1.54) is 24.5 Å². The van der Waals surface area contributed by atoms with Gasteiger partial charge in [0.2, 0.25) is 0 Å². The first-order chi connectivity index (χ1) is 15.5. The molecule has 1 aliphatic rings. The molecule has 0 unspecified atom stereocenters. The molecule has 8 nitrogen and oxygen atoms in total. The van der Waals surface area contributed by atoms with Crippen molar-refractivity contribution in [1.82, 2.24) is 24.6 Å². The third kappa shape index (κ3) is 3.62. The highest BCUT2D eigenvalue weighted by atomic mass is 19.1. The molecular weight excluding hydrogens is 418 g/mol. The van der Waals surface area contributed by atoms with Crippen LogP contribution in [0.1, 0.15) is 23.7 Å². The van der Waals surface area contributed by atoms with Crippen molar-refractivity contribution < 1.29 is 19.0 Å². The molecule has 5 rings (SSSR count). The SMILES string of the molecule is OCCc1cc(-c2cnc3ccc(N4C[C@@H](F)C[C@@H]4c4cc(F)ccc4O)nn23)ncn1. The monoisotopic (exact) mass is 438 g/mol. The number of alkyl halides is 1. The van der Waals surface area contributed by atoms with E-state index in [0.29, 0.717) is 40.5 Å². The van der Waals surface area contributed by atoms with E-state index in [4.69, 9.17) is 0 Å². The van der Waals surface area contributed by atoms with Crippen LogP contribution >= 0.6 is 0 Å². The number of hydrogen-bond acceptors (Lipinski definition) is 7. The number of halogens is 2. The Labute approximate surface area is 181 Å². The topological polar surface area (TPSA) is 99.7 Å². The number of aromatic hydroxyl groups is 1. The maximum Gasteiger partial charge on any atom is 0.154 e. The number of aromatic nitrogens is 5. The molecule has 32 heavy (non-hydrogen) atoms. The molecule has 4 aromatic rings. The van der Waals surface area contributed by atoms with Crippen molar-refractivity contribution in [3.8, 4) is 17.1 Å². The summed E-state index contributed by atoms with van der Waals surface area (Å²) in [5.74, 6) is -0.115. The molecule has 4 heterocycles. The van der Waals surface area contributed by atoms with E-state index in [1.807, 2.05) is 0 Å². The predicted octanol–water partition coefficient (Wildman–Crippen LogP) is 2.86. The van der Waals surface area contributed by atoms with E-state index >= 15 is 0 Å². The van der Waals surface area contributed by atoms with Crippen LogP contribution in [-0.4, -0.2) is 54.1 Å². The first kappa shape index (κ1) is 20.3. The second-order valence-corrected chi connectivity index (χ2v) is 7.68. The van der Waals surface area contributed by atoms with Gasteiger partial charge in [0.25, 0.3) is 0 Å². The van der Waals surface area contributed by atoms with Gasteiger partial charge in [0.05, 0.1) is 24.5 Å². The molecule has 0 aliphatic carbocycles. The van der Waals surface area contributed by atoms with Gasteiger partial charge in [-0.25, -0.2) is 28.2 Å². The summed E-state index contributed by atoms with van der Waals surface area (Å²) in [4.78, 5) is 14.5. The lowest BCUT2D eigenvalue weighted by Gasteiger charge is -2.26. The molecule has 0 radical (unpaired) electrons. The van der Waals surface area contributed by atoms with Crippen molar-refractivity contribution >= 4 is 11.5 Å². The van der Waals surface area contributed by atoms with E-state index in [2.05, 4.69) is 20.1 Å². The van der Waals surface area contributed by atoms with Crippen LogP contribution < -0.4 is 4.90 Å². The van der Waals surface area contributed by atoms with Crippen LogP contribution in [0.4, 0.5) is 14.6 Å².